The van der Waals surface area contributed by atoms with Crippen molar-refractivity contribution in [3.63, 3.8) is 0 Å². The molecule has 2 amide bonds. The Morgan fingerprint density at radius 3 is 1.98 bits per heavy atom. The van der Waals surface area contributed by atoms with Crippen LogP contribution in [0.3, 0.4) is 0 Å². The lowest BCUT2D eigenvalue weighted by Crippen LogP contribution is -2.33. The molecule has 12 heteroatoms. The van der Waals surface area contributed by atoms with Gasteiger partial charge in [0, 0.05) is 23.2 Å². The molecule has 0 heterocycles. The van der Waals surface area contributed by atoms with Crippen LogP contribution in [0.1, 0.15) is 42.2 Å². The highest BCUT2D eigenvalue weighted by atomic mass is 19.4. The van der Waals surface area contributed by atoms with Gasteiger partial charge in [-0.1, -0.05) is 60.7 Å². The number of ether oxygens (including phenoxy) is 1. The molecule has 0 bridgehead atoms. The number of rotatable bonds is 9. The van der Waals surface area contributed by atoms with Gasteiger partial charge in [0.1, 0.15) is 6.54 Å². The molecule has 0 aliphatic carbocycles. The van der Waals surface area contributed by atoms with Gasteiger partial charge in [-0.25, -0.2) is 4.79 Å². The van der Waals surface area contributed by atoms with E-state index in [9.17, 15) is 40.7 Å². The molecule has 6 nitrogen and oxygen atoms in total. The normalized spacial score (nSPS) is 11.6. The van der Waals surface area contributed by atoms with E-state index in [1.54, 1.807) is 54.6 Å². The van der Waals surface area contributed by atoms with Crippen LogP contribution in [0.4, 0.5) is 32.0 Å². The fourth-order valence-corrected chi connectivity index (χ4v) is 5.09. The monoisotopic (exact) mass is 664 g/mol. The molecule has 5 aromatic carbocycles. The van der Waals surface area contributed by atoms with Gasteiger partial charge in [-0.2, -0.15) is 26.3 Å². The first kappa shape index (κ1) is 33.7. The molecule has 0 aromatic heterocycles. The Hall–Kier alpha value is -5.65. The molecule has 0 unspecified atom stereocenters. The average Bonchev–Trinajstić information content (AvgIpc) is 3.06. The molecule has 0 aliphatic rings. The molecule has 0 saturated carbocycles. The molecule has 2 N–H and O–H groups in total. The van der Waals surface area contributed by atoms with Crippen molar-refractivity contribution in [1.29, 1.82) is 0 Å². The minimum absolute atomic E-state index is 0.0679. The third kappa shape index (κ3) is 8.19. The zero-order valence-electron chi connectivity index (χ0n) is 24.9. The number of anilines is 1. The Bertz CT molecular complexity index is 1950. The van der Waals surface area contributed by atoms with Gasteiger partial charge in [0.15, 0.2) is 0 Å². The first-order valence-electron chi connectivity index (χ1n) is 14.5. The van der Waals surface area contributed by atoms with Gasteiger partial charge >= 0.3 is 18.3 Å². The highest BCUT2D eigenvalue weighted by molar-refractivity contribution is 6.09. The van der Waals surface area contributed by atoms with E-state index >= 15 is 0 Å². The number of carbonyl (C=O) groups excluding carboxylic acids is 3. The number of halogens is 6. The summed E-state index contributed by atoms with van der Waals surface area (Å²) < 4.78 is 82.4. The van der Waals surface area contributed by atoms with Crippen LogP contribution in [0.15, 0.2) is 109 Å². The Kier molecular flexibility index (Phi) is 9.83. The molecular weight excluding hydrogens is 638 g/mol. The van der Waals surface area contributed by atoms with Crippen molar-refractivity contribution in [2.75, 3.05) is 18.5 Å². The maximum Gasteiger partial charge on any atom is 0.416 e. The summed E-state index contributed by atoms with van der Waals surface area (Å²) in [6, 6.07) is 26.7. The summed E-state index contributed by atoms with van der Waals surface area (Å²) in [5.74, 6) is -2.05. The number of amides is 2. The van der Waals surface area contributed by atoms with Crippen molar-refractivity contribution in [1.82, 2.24) is 5.32 Å². The second kappa shape index (κ2) is 14.0. The smallest absolute Gasteiger partial charge is 0.416 e. The number of hydrogen-bond acceptors (Lipinski definition) is 4. The Morgan fingerprint density at radius 1 is 0.667 bits per heavy atom. The maximum atomic E-state index is 13.1. The van der Waals surface area contributed by atoms with Gasteiger partial charge in [0.05, 0.1) is 17.7 Å². The maximum absolute atomic E-state index is 13.1. The average molecular weight is 665 g/mol. The van der Waals surface area contributed by atoms with Crippen LogP contribution >= 0.6 is 0 Å². The van der Waals surface area contributed by atoms with Crippen molar-refractivity contribution in [2.24, 2.45) is 0 Å². The number of nitrogens with one attached hydrogen (secondary N) is 2. The first-order valence-corrected chi connectivity index (χ1v) is 14.5. The molecule has 0 aliphatic heterocycles. The van der Waals surface area contributed by atoms with Crippen molar-refractivity contribution >= 4 is 34.2 Å². The van der Waals surface area contributed by atoms with Crippen molar-refractivity contribution in [2.45, 2.75) is 18.8 Å². The van der Waals surface area contributed by atoms with Gasteiger partial charge < -0.3 is 15.4 Å². The molecule has 0 radical (unpaired) electrons. The van der Waals surface area contributed by atoms with Crippen LogP contribution in [0.2, 0.25) is 0 Å². The Labute approximate surface area is 270 Å². The second-order valence-corrected chi connectivity index (χ2v) is 10.7. The van der Waals surface area contributed by atoms with Crippen LogP contribution in [0, 0.1) is 0 Å². The topological polar surface area (TPSA) is 84.5 Å². The molecule has 5 rings (SSSR count). The summed E-state index contributed by atoms with van der Waals surface area (Å²) in [7, 11) is 0. The number of hydrogen-bond donors (Lipinski definition) is 2. The Morgan fingerprint density at radius 2 is 1.31 bits per heavy atom. The fourth-order valence-electron chi connectivity index (χ4n) is 5.09. The number of carbonyl (C=O) groups is 3. The van der Waals surface area contributed by atoms with E-state index < -0.39 is 42.2 Å². The van der Waals surface area contributed by atoms with Crippen LogP contribution in [0.25, 0.3) is 21.9 Å². The van der Waals surface area contributed by atoms with Crippen LogP contribution in [-0.4, -0.2) is 37.1 Å². The third-order valence-electron chi connectivity index (χ3n) is 7.36. The van der Waals surface area contributed by atoms with Crippen molar-refractivity contribution < 1.29 is 45.5 Å². The molecular formula is C36H26F6N2O4. The summed E-state index contributed by atoms with van der Waals surface area (Å²) in [5, 5.41) is 5.70. The highest BCUT2D eigenvalue weighted by Gasteiger charge is 2.30. The van der Waals surface area contributed by atoms with Gasteiger partial charge in [-0.15, -0.1) is 0 Å². The van der Waals surface area contributed by atoms with E-state index in [1.807, 2.05) is 5.32 Å². The lowest BCUT2D eigenvalue weighted by atomic mass is 9.97. The Balaban J connectivity index is 1.22. The standard InChI is InChI=1S/C36H26F6N2O4/c37-35(38,39)21-43-32(45)30-10-4-7-23-5-3-6-24(31(23)30)19-20-48-34(47)25-13-17-27(18-14-25)44-33(46)29-9-2-1-8-28(29)22-11-15-26(16-12-22)36(40,41)42/h1-18H,19-21H2,(H,43,45)(H,44,46). The third-order valence-corrected chi connectivity index (χ3v) is 7.36. The molecule has 246 valence electrons. The van der Waals surface area contributed by atoms with Crippen LogP contribution in [0.5, 0.6) is 0 Å². The quantitative estimate of drug-likeness (QED) is 0.122. The summed E-state index contributed by atoms with van der Waals surface area (Å²) in [6.45, 7) is -1.56. The molecule has 5 aromatic rings. The van der Waals surface area contributed by atoms with E-state index in [1.165, 1.54) is 42.5 Å². The van der Waals surface area contributed by atoms with Gasteiger partial charge in [-0.05, 0) is 76.0 Å². The van der Waals surface area contributed by atoms with Gasteiger partial charge in [-0.3, -0.25) is 9.59 Å². The summed E-state index contributed by atoms with van der Waals surface area (Å²) in [6.07, 6.45) is -8.87. The van der Waals surface area contributed by atoms with E-state index in [2.05, 4.69) is 5.32 Å². The minimum atomic E-state index is -4.56. The number of esters is 1. The number of alkyl halides is 6. The fraction of sp³-hybridized carbons (Fsp3) is 0.139. The highest BCUT2D eigenvalue weighted by Crippen LogP contribution is 2.32. The van der Waals surface area contributed by atoms with E-state index in [-0.39, 0.29) is 29.7 Å². The molecule has 0 fully saturated rings. The van der Waals surface area contributed by atoms with E-state index in [0.717, 1.165) is 12.1 Å². The lowest BCUT2D eigenvalue weighted by molar-refractivity contribution is -0.137. The lowest BCUT2D eigenvalue weighted by Gasteiger charge is -2.13. The summed E-state index contributed by atoms with van der Waals surface area (Å²) in [5.41, 5.74) is 1.50. The van der Waals surface area contributed by atoms with Crippen LogP contribution < -0.4 is 10.6 Å². The minimum Gasteiger partial charge on any atom is -0.462 e. The zero-order chi connectivity index (χ0) is 34.5. The largest absolute Gasteiger partial charge is 0.462 e. The molecule has 0 atom stereocenters. The van der Waals surface area contributed by atoms with Crippen molar-refractivity contribution in [3.05, 3.63) is 137 Å². The molecule has 0 spiro atoms. The first-order chi connectivity index (χ1) is 22.8. The molecule has 0 saturated heterocycles. The SMILES string of the molecule is O=C(OCCc1cccc2cccc(C(=O)NCC(F)(F)F)c12)c1ccc(NC(=O)c2ccccc2-c2ccc(C(F)(F)F)cc2)cc1. The predicted molar refractivity (Wildman–Crippen MR) is 168 cm³/mol. The predicted octanol–water partition coefficient (Wildman–Crippen LogP) is 8.47. The second-order valence-electron chi connectivity index (χ2n) is 10.7. The van der Waals surface area contributed by atoms with E-state index in [0.29, 0.717) is 33.2 Å². The van der Waals surface area contributed by atoms with Crippen LogP contribution in [-0.2, 0) is 17.3 Å². The summed E-state index contributed by atoms with van der Waals surface area (Å²) >= 11 is 0. The summed E-state index contributed by atoms with van der Waals surface area (Å²) in [4.78, 5) is 38.4. The van der Waals surface area contributed by atoms with E-state index in [4.69, 9.17) is 4.74 Å². The van der Waals surface area contributed by atoms with Gasteiger partial charge in [0.2, 0.25) is 0 Å². The zero-order valence-corrected chi connectivity index (χ0v) is 24.9. The molecule has 48 heavy (non-hydrogen) atoms. The van der Waals surface area contributed by atoms with Gasteiger partial charge in [0.25, 0.3) is 11.8 Å². The number of fused-ring (bicyclic) bond motifs is 1. The number of benzene rings is 5. The van der Waals surface area contributed by atoms with Crippen molar-refractivity contribution in [3.8, 4) is 11.1 Å².